The van der Waals surface area contributed by atoms with Crippen LogP contribution in [0, 0.1) is 11.8 Å². The summed E-state index contributed by atoms with van der Waals surface area (Å²) >= 11 is 0. The van der Waals surface area contributed by atoms with Gasteiger partial charge in [0.25, 0.3) is 0 Å². The van der Waals surface area contributed by atoms with E-state index in [0.717, 1.165) is 18.6 Å². The second-order valence-corrected chi connectivity index (χ2v) is 5.84. The van der Waals surface area contributed by atoms with Crippen LogP contribution in [-0.2, 0) is 6.18 Å². The molecule has 0 spiro atoms. The topological polar surface area (TPSA) is 56.7 Å². The number of aromatic nitrogens is 1. The number of hydrogen-bond acceptors (Lipinski definition) is 3. The van der Waals surface area contributed by atoms with Gasteiger partial charge >= 0.3 is 12.3 Å². The molecule has 1 N–H and O–H groups in total. The minimum absolute atomic E-state index is 0.154. The van der Waals surface area contributed by atoms with Crippen LogP contribution in [0.15, 0.2) is 18.3 Å². The molecule has 8 heteroatoms. The minimum atomic E-state index is -4.38. The predicted molar refractivity (Wildman–Crippen MR) is 72.6 cm³/mol. The summed E-state index contributed by atoms with van der Waals surface area (Å²) < 4.78 is 38.3. The van der Waals surface area contributed by atoms with Crippen LogP contribution in [-0.4, -0.2) is 47.3 Å². The van der Waals surface area contributed by atoms with Gasteiger partial charge in [-0.3, -0.25) is 0 Å². The summed E-state index contributed by atoms with van der Waals surface area (Å²) in [6.07, 6.45) is -3.41. The van der Waals surface area contributed by atoms with Crippen molar-refractivity contribution in [2.75, 3.05) is 31.1 Å². The fourth-order valence-electron chi connectivity index (χ4n) is 3.30. The molecule has 2 fully saturated rings. The summed E-state index contributed by atoms with van der Waals surface area (Å²) in [6.45, 7) is 2.10. The van der Waals surface area contributed by atoms with E-state index >= 15 is 0 Å². The fraction of sp³-hybridized carbons (Fsp3) is 0.571. The van der Waals surface area contributed by atoms with Crippen LogP contribution in [0.1, 0.15) is 12.0 Å². The average molecular weight is 315 g/mol. The number of fused-ring (bicyclic) bond motifs is 1. The SMILES string of the molecule is O=C(O)N1CC[C@@H]2CN(c3cc(C(F)(F)F)ccn3)C[C@@H]2C1. The largest absolute Gasteiger partial charge is 0.465 e. The van der Waals surface area contributed by atoms with Gasteiger partial charge in [-0.2, -0.15) is 13.2 Å². The van der Waals surface area contributed by atoms with Gasteiger partial charge < -0.3 is 14.9 Å². The van der Waals surface area contributed by atoms with Crippen molar-refractivity contribution in [3.05, 3.63) is 23.9 Å². The van der Waals surface area contributed by atoms with Gasteiger partial charge in [-0.15, -0.1) is 0 Å². The summed E-state index contributed by atoms with van der Waals surface area (Å²) in [5.41, 5.74) is -0.709. The van der Waals surface area contributed by atoms with E-state index in [0.29, 0.717) is 37.9 Å². The Bertz CT molecular complexity index is 579. The van der Waals surface area contributed by atoms with Gasteiger partial charge in [-0.1, -0.05) is 0 Å². The van der Waals surface area contributed by atoms with Crippen molar-refractivity contribution in [1.82, 2.24) is 9.88 Å². The highest BCUT2D eigenvalue weighted by atomic mass is 19.4. The number of rotatable bonds is 1. The van der Waals surface area contributed by atoms with Crippen molar-refractivity contribution in [1.29, 1.82) is 0 Å². The van der Waals surface area contributed by atoms with E-state index in [1.807, 2.05) is 4.90 Å². The van der Waals surface area contributed by atoms with Crippen molar-refractivity contribution in [2.45, 2.75) is 12.6 Å². The van der Waals surface area contributed by atoms with Gasteiger partial charge in [0.15, 0.2) is 0 Å². The molecule has 3 rings (SSSR count). The first kappa shape index (κ1) is 14.9. The predicted octanol–water partition coefficient (Wildman–Crippen LogP) is 2.54. The van der Waals surface area contributed by atoms with Crippen LogP contribution < -0.4 is 4.90 Å². The molecule has 0 aromatic carbocycles. The van der Waals surface area contributed by atoms with Gasteiger partial charge in [0, 0.05) is 32.4 Å². The summed E-state index contributed by atoms with van der Waals surface area (Å²) in [4.78, 5) is 18.3. The highest BCUT2D eigenvalue weighted by Crippen LogP contribution is 2.35. The molecule has 0 aliphatic carbocycles. The van der Waals surface area contributed by atoms with Crippen molar-refractivity contribution >= 4 is 11.9 Å². The van der Waals surface area contributed by atoms with Crippen molar-refractivity contribution in [3.63, 3.8) is 0 Å². The number of hydrogen-bond donors (Lipinski definition) is 1. The maximum absolute atomic E-state index is 12.8. The minimum Gasteiger partial charge on any atom is -0.465 e. The molecule has 0 bridgehead atoms. The zero-order valence-electron chi connectivity index (χ0n) is 11.8. The molecular weight excluding hydrogens is 299 g/mol. The number of nitrogens with zero attached hydrogens (tertiary/aromatic N) is 3. The molecular formula is C14H16F3N3O2. The first-order valence-corrected chi connectivity index (χ1v) is 7.10. The lowest BCUT2D eigenvalue weighted by Gasteiger charge is -2.32. The number of piperidine rings is 1. The monoisotopic (exact) mass is 315 g/mol. The highest BCUT2D eigenvalue weighted by Gasteiger charge is 2.39. The lowest BCUT2D eigenvalue weighted by atomic mass is 9.89. The van der Waals surface area contributed by atoms with E-state index in [-0.39, 0.29) is 5.92 Å². The Labute approximate surface area is 125 Å². The first-order valence-electron chi connectivity index (χ1n) is 7.10. The Kier molecular flexibility index (Phi) is 3.62. The molecule has 0 radical (unpaired) electrons. The molecule has 120 valence electrons. The van der Waals surface area contributed by atoms with E-state index < -0.39 is 17.8 Å². The molecule has 2 saturated heterocycles. The van der Waals surface area contributed by atoms with Crippen LogP contribution in [0.5, 0.6) is 0 Å². The van der Waals surface area contributed by atoms with Crippen LogP contribution in [0.3, 0.4) is 0 Å². The van der Waals surface area contributed by atoms with Crippen LogP contribution in [0.2, 0.25) is 0 Å². The second-order valence-electron chi connectivity index (χ2n) is 5.84. The molecule has 5 nitrogen and oxygen atoms in total. The Hall–Kier alpha value is -1.99. The first-order chi connectivity index (χ1) is 10.3. The summed E-state index contributed by atoms with van der Waals surface area (Å²) in [5, 5.41) is 9.04. The van der Waals surface area contributed by atoms with Gasteiger partial charge in [0.05, 0.1) is 5.56 Å². The normalized spacial score (nSPS) is 25.2. The van der Waals surface area contributed by atoms with Crippen molar-refractivity contribution in [3.8, 4) is 0 Å². The van der Waals surface area contributed by atoms with E-state index in [4.69, 9.17) is 5.11 Å². The maximum atomic E-state index is 12.8. The van der Waals surface area contributed by atoms with Gasteiger partial charge in [0.2, 0.25) is 0 Å². The van der Waals surface area contributed by atoms with Gasteiger partial charge in [0.1, 0.15) is 5.82 Å². The summed E-state index contributed by atoms with van der Waals surface area (Å²) in [5.74, 6) is 0.777. The standard InChI is InChI=1S/C14H16F3N3O2/c15-14(16,17)11-1-3-18-12(5-11)20-6-9-2-4-19(13(21)22)7-10(9)8-20/h1,3,5,9-10H,2,4,6-8H2,(H,21,22)/t9-,10+/m1/s1. The molecule has 3 heterocycles. The van der Waals surface area contributed by atoms with Crippen LogP contribution in [0.25, 0.3) is 0 Å². The number of halogens is 3. The molecule has 2 aliphatic rings. The zero-order chi connectivity index (χ0) is 15.9. The van der Waals surface area contributed by atoms with Gasteiger partial charge in [-0.05, 0) is 30.4 Å². The molecule has 22 heavy (non-hydrogen) atoms. The number of carboxylic acid groups (broad SMARTS) is 1. The van der Waals surface area contributed by atoms with E-state index in [9.17, 15) is 18.0 Å². The van der Waals surface area contributed by atoms with Crippen LogP contribution >= 0.6 is 0 Å². The molecule has 1 aromatic rings. The quantitative estimate of drug-likeness (QED) is 0.865. The zero-order valence-corrected chi connectivity index (χ0v) is 11.8. The van der Waals surface area contributed by atoms with Gasteiger partial charge in [-0.25, -0.2) is 9.78 Å². The fourth-order valence-corrected chi connectivity index (χ4v) is 3.30. The Morgan fingerprint density at radius 2 is 2.00 bits per heavy atom. The lowest BCUT2D eigenvalue weighted by Crippen LogP contribution is -2.42. The molecule has 0 unspecified atom stereocenters. The third-order valence-electron chi connectivity index (χ3n) is 4.47. The highest BCUT2D eigenvalue weighted by molar-refractivity contribution is 5.65. The maximum Gasteiger partial charge on any atom is 0.416 e. The smallest absolute Gasteiger partial charge is 0.416 e. The number of amides is 1. The Balaban J connectivity index is 1.74. The lowest BCUT2D eigenvalue weighted by molar-refractivity contribution is -0.137. The average Bonchev–Trinajstić information content (AvgIpc) is 2.89. The summed E-state index contributed by atoms with van der Waals surface area (Å²) in [7, 11) is 0. The molecule has 2 aliphatic heterocycles. The van der Waals surface area contributed by atoms with E-state index in [1.165, 1.54) is 11.1 Å². The molecule has 0 saturated carbocycles. The second kappa shape index (κ2) is 5.33. The third kappa shape index (κ3) is 2.82. The third-order valence-corrected chi connectivity index (χ3v) is 4.47. The Morgan fingerprint density at radius 3 is 2.68 bits per heavy atom. The summed E-state index contributed by atoms with van der Waals surface area (Å²) in [6, 6.07) is 2.02. The number of carbonyl (C=O) groups is 1. The van der Waals surface area contributed by atoms with Crippen molar-refractivity contribution in [2.24, 2.45) is 11.8 Å². The van der Waals surface area contributed by atoms with Crippen molar-refractivity contribution < 1.29 is 23.1 Å². The Morgan fingerprint density at radius 1 is 1.27 bits per heavy atom. The number of likely N-dealkylation sites (tertiary alicyclic amines) is 1. The molecule has 1 aromatic heterocycles. The van der Waals surface area contributed by atoms with E-state index in [1.54, 1.807) is 0 Å². The number of anilines is 1. The van der Waals surface area contributed by atoms with E-state index in [2.05, 4.69) is 4.98 Å². The van der Waals surface area contributed by atoms with Crippen LogP contribution in [0.4, 0.5) is 23.8 Å². The number of pyridine rings is 1. The molecule has 1 amide bonds. The number of alkyl halides is 3. The molecule has 2 atom stereocenters.